The number of carbonyl (C=O) groups is 1. The van der Waals surface area contributed by atoms with Crippen LogP contribution in [0.1, 0.15) is 18.5 Å². The van der Waals surface area contributed by atoms with Gasteiger partial charge < -0.3 is 15.4 Å². The SMILES string of the molecule is COc1ccc(NC(=O)C2=C(C)Nc3nc(SC)nn3[C@H]2c2ccc(Br)cc2)cc1. The number of nitrogens with zero attached hydrogens (tertiary/aromatic N) is 3. The van der Waals surface area contributed by atoms with E-state index in [1.807, 2.05) is 61.7 Å². The second kappa shape index (κ2) is 8.53. The van der Waals surface area contributed by atoms with Gasteiger partial charge in [0, 0.05) is 15.9 Å². The summed E-state index contributed by atoms with van der Waals surface area (Å²) in [6, 6.07) is 14.7. The maximum Gasteiger partial charge on any atom is 0.255 e. The minimum absolute atomic E-state index is 0.204. The van der Waals surface area contributed by atoms with E-state index in [1.54, 1.807) is 11.8 Å². The van der Waals surface area contributed by atoms with Crippen LogP contribution in [0.25, 0.3) is 0 Å². The van der Waals surface area contributed by atoms with Gasteiger partial charge in [0.1, 0.15) is 11.8 Å². The number of fused-ring (bicyclic) bond motifs is 1. The summed E-state index contributed by atoms with van der Waals surface area (Å²) in [5.74, 6) is 1.14. The van der Waals surface area contributed by atoms with Crippen LogP contribution in [0.2, 0.25) is 0 Å². The number of hydrogen-bond donors (Lipinski definition) is 2. The molecule has 0 unspecified atom stereocenters. The standard InChI is InChI=1S/C21H20BrN5O2S/c1-12-17(19(28)24-15-8-10-16(29-2)11-9-15)18(13-4-6-14(22)7-5-13)27-20(23-12)25-21(26-27)30-3/h4-11,18H,1-3H3,(H,24,28)(H,23,25,26)/t18-/m0/s1. The van der Waals surface area contributed by atoms with E-state index in [1.165, 1.54) is 11.8 Å². The molecular formula is C21H20BrN5O2S. The number of nitrogens with one attached hydrogen (secondary N) is 2. The number of anilines is 2. The van der Waals surface area contributed by atoms with Crippen LogP contribution in [0, 0.1) is 0 Å². The highest BCUT2D eigenvalue weighted by Crippen LogP contribution is 2.36. The first-order chi connectivity index (χ1) is 14.5. The molecule has 0 spiro atoms. The molecule has 0 saturated carbocycles. The van der Waals surface area contributed by atoms with Crippen LogP contribution < -0.4 is 15.4 Å². The number of ether oxygens (including phenoxy) is 1. The number of rotatable bonds is 5. The van der Waals surface area contributed by atoms with Crippen LogP contribution in [0.4, 0.5) is 11.6 Å². The monoisotopic (exact) mass is 485 g/mol. The largest absolute Gasteiger partial charge is 0.497 e. The van der Waals surface area contributed by atoms with Crippen molar-refractivity contribution in [3.8, 4) is 5.75 Å². The van der Waals surface area contributed by atoms with Crippen LogP contribution in [-0.4, -0.2) is 34.0 Å². The number of aromatic nitrogens is 3. The lowest BCUT2D eigenvalue weighted by Gasteiger charge is -2.28. The third-order valence-electron chi connectivity index (χ3n) is 4.79. The van der Waals surface area contributed by atoms with Crippen LogP contribution in [0.15, 0.2) is 69.4 Å². The highest BCUT2D eigenvalue weighted by atomic mass is 79.9. The van der Waals surface area contributed by atoms with Crippen molar-refractivity contribution >= 4 is 45.2 Å². The van der Waals surface area contributed by atoms with Crippen LogP contribution in [-0.2, 0) is 4.79 Å². The van der Waals surface area contributed by atoms with Gasteiger partial charge >= 0.3 is 0 Å². The summed E-state index contributed by atoms with van der Waals surface area (Å²) in [5, 5.41) is 11.5. The van der Waals surface area contributed by atoms with E-state index in [9.17, 15) is 4.79 Å². The van der Waals surface area contributed by atoms with Gasteiger partial charge in [0.25, 0.3) is 5.91 Å². The molecule has 2 N–H and O–H groups in total. The number of methoxy groups -OCH3 is 1. The van der Waals surface area contributed by atoms with Crippen LogP contribution in [0.3, 0.4) is 0 Å². The molecule has 2 aromatic carbocycles. The molecule has 7 nitrogen and oxygen atoms in total. The van der Waals surface area contributed by atoms with Crippen LogP contribution in [0.5, 0.6) is 5.75 Å². The Balaban J connectivity index is 1.74. The molecule has 2 heterocycles. The number of halogens is 1. The molecular weight excluding hydrogens is 466 g/mol. The lowest BCUT2D eigenvalue weighted by atomic mass is 9.95. The first-order valence-electron chi connectivity index (χ1n) is 9.19. The predicted octanol–water partition coefficient (Wildman–Crippen LogP) is 4.70. The van der Waals surface area contributed by atoms with Gasteiger partial charge in [0.2, 0.25) is 11.1 Å². The van der Waals surface area contributed by atoms with Crippen molar-refractivity contribution in [2.45, 2.75) is 18.1 Å². The Morgan fingerprint density at radius 2 is 1.90 bits per heavy atom. The summed E-state index contributed by atoms with van der Waals surface area (Å²) in [4.78, 5) is 17.9. The van der Waals surface area contributed by atoms with Crippen molar-refractivity contribution < 1.29 is 9.53 Å². The number of carbonyl (C=O) groups excluding carboxylic acids is 1. The number of hydrogen-bond acceptors (Lipinski definition) is 6. The Labute approximate surface area is 187 Å². The van der Waals surface area contributed by atoms with Gasteiger partial charge in [-0.1, -0.05) is 39.8 Å². The Kier molecular flexibility index (Phi) is 5.83. The minimum Gasteiger partial charge on any atom is -0.497 e. The van der Waals surface area contributed by atoms with Crippen molar-refractivity contribution in [3.05, 3.63) is 69.8 Å². The zero-order valence-corrected chi connectivity index (χ0v) is 19.0. The second-order valence-corrected chi connectivity index (χ2v) is 8.36. The lowest BCUT2D eigenvalue weighted by molar-refractivity contribution is -0.113. The topological polar surface area (TPSA) is 81.1 Å². The summed E-state index contributed by atoms with van der Waals surface area (Å²) in [6.45, 7) is 1.88. The Morgan fingerprint density at radius 3 is 2.53 bits per heavy atom. The third-order valence-corrected chi connectivity index (χ3v) is 5.86. The fourth-order valence-corrected chi connectivity index (χ4v) is 3.95. The predicted molar refractivity (Wildman–Crippen MR) is 122 cm³/mol. The second-order valence-electron chi connectivity index (χ2n) is 6.67. The summed E-state index contributed by atoms with van der Waals surface area (Å²) in [5.41, 5.74) is 2.95. The van der Waals surface area contributed by atoms with E-state index in [-0.39, 0.29) is 5.91 Å². The Bertz CT molecular complexity index is 1110. The van der Waals surface area contributed by atoms with Gasteiger partial charge in [0.05, 0.1) is 12.7 Å². The fourth-order valence-electron chi connectivity index (χ4n) is 3.34. The molecule has 1 aliphatic heterocycles. The molecule has 0 aliphatic carbocycles. The summed E-state index contributed by atoms with van der Waals surface area (Å²) >= 11 is 4.93. The van der Waals surface area contributed by atoms with Gasteiger partial charge in [-0.3, -0.25) is 4.79 Å². The summed E-state index contributed by atoms with van der Waals surface area (Å²) in [6.07, 6.45) is 1.92. The van der Waals surface area contributed by atoms with Gasteiger partial charge in [-0.15, -0.1) is 5.10 Å². The Hall–Kier alpha value is -2.78. The number of benzene rings is 2. The van der Waals surface area contributed by atoms with Gasteiger partial charge in [-0.2, -0.15) is 4.98 Å². The number of amides is 1. The minimum atomic E-state index is -0.402. The van der Waals surface area contributed by atoms with E-state index >= 15 is 0 Å². The molecule has 1 aliphatic rings. The third kappa shape index (κ3) is 3.95. The molecule has 3 aromatic rings. The van der Waals surface area contributed by atoms with Gasteiger partial charge in [0.15, 0.2) is 0 Å². The number of thioether (sulfide) groups is 1. The summed E-state index contributed by atoms with van der Waals surface area (Å²) in [7, 11) is 1.61. The highest BCUT2D eigenvalue weighted by molar-refractivity contribution is 9.10. The maximum absolute atomic E-state index is 13.4. The van der Waals surface area contributed by atoms with Gasteiger partial charge in [-0.05, 0) is 55.1 Å². The fraction of sp³-hybridized carbons (Fsp3) is 0.190. The van der Waals surface area contributed by atoms with E-state index in [0.717, 1.165) is 21.5 Å². The quantitative estimate of drug-likeness (QED) is 0.509. The van der Waals surface area contributed by atoms with Gasteiger partial charge in [-0.25, -0.2) is 4.68 Å². The van der Waals surface area contributed by atoms with Crippen molar-refractivity contribution in [3.63, 3.8) is 0 Å². The van der Waals surface area contributed by atoms with E-state index in [2.05, 4.69) is 36.6 Å². The van der Waals surface area contributed by atoms with Crippen molar-refractivity contribution in [1.82, 2.24) is 14.8 Å². The molecule has 0 bridgehead atoms. The molecule has 1 atom stereocenters. The lowest BCUT2D eigenvalue weighted by Crippen LogP contribution is -2.31. The first-order valence-corrected chi connectivity index (χ1v) is 11.2. The zero-order chi connectivity index (χ0) is 21.3. The van der Waals surface area contributed by atoms with Crippen molar-refractivity contribution in [2.75, 3.05) is 24.0 Å². The molecule has 1 amide bonds. The van der Waals surface area contributed by atoms with E-state index in [0.29, 0.717) is 22.4 Å². The molecule has 30 heavy (non-hydrogen) atoms. The highest BCUT2D eigenvalue weighted by Gasteiger charge is 2.34. The van der Waals surface area contributed by atoms with Crippen molar-refractivity contribution in [1.29, 1.82) is 0 Å². The summed E-state index contributed by atoms with van der Waals surface area (Å²) < 4.78 is 7.92. The number of allylic oxidation sites excluding steroid dienone is 1. The van der Waals surface area contributed by atoms with Crippen LogP contribution >= 0.6 is 27.7 Å². The van der Waals surface area contributed by atoms with E-state index in [4.69, 9.17) is 4.74 Å². The Morgan fingerprint density at radius 1 is 1.20 bits per heavy atom. The zero-order valence-electron chi connectivity index (χ0n) is 16.6. The molecule has 154 valence electrons. The average Bonchev–Trinajstić information content (AvgIpc) is 3.16. The average molecular weight is 486 g/mol. The molecule has 9 heteroatoms. The van der Waals surface area contributed by atoms with E-state index < -0.39 is 6.04 Å². The maximum atomic E-state index is 13.4. The normalized spacial score (nSPS) is 15.4. The van der Waals surface area contributed by atoms with Crippen molar-refractivity contribution in [2.24, 2.45) is 0 Å². The molecule has 1 aromatic heterocycles. The smallest absolute Gasteiger partial charge is 0.255 e. The molecule has 0 radical (unpaired) electrons. The molecule has 4 rings (SSSR count). The molecule has 0 fully saturated rings. The molecule has 0 saturated heterocycles. The first kappa shape index (κ1) is 20.5.